The molecule has 2 unspecified atom stereocenters. The Hall–Kier alpha value is -1.36. The number of amides is 1. The van der Waals surface area contributed by atoms with Crippen LogP contribution in [0.2, 0.25) is 0 Å². The fraction of sp³-hybridized carbons (Fsp3) is 0.733. The van der Waals surface area contributed by atoms with Gasteiger partial charge in [-0.15, -0.1) is 6.58 Å². The van der Waals surface area contributed by atoms with E-state index in [2.05, 4.69) is 6.58 Å². The lowest BCUT2D eigenvalue weighted by Crippen LogP contribution is -2.43. The number of carboxylic acids is 1. The van der Waals surface area contributed by atoms with Gasteiger partial charge in [0.1, 0.15) is 6.10 Å². The summed E-state index contributed by atoms with van der Waals surface area (Å²) >= 11 is 0. The van der Waals surface area contributed by atoms with Crippen LogP contribution in [0, 0.1) is 11.3 Å². The average molecular weight is 283 g/mol. The molecular weight excluding hydrogens is 258 g/mol. The third kappa shape index (κ3) is 3.39. The third-order valence-corrected chi connectivity index (χ3v) is 4.18. The summed E-state index contributed by atoms with van der Waals surface area (Å²) in [5.74, 6) is -0.948. The van der Waals surface area contributed by atoms with Crippen LogP contribution in [-0.2, 0) is 14.3 Å². The van der Waals surface area contributed by atoms with E-state index in [1.807, 2.05) is 13.8 Å². The minimum atomic E-state index is -0.823. The molecule has 0 bridgehead atoms. The van der Waals surface area contributed by atoms with E-state index in [1.54, 1.807) is 17.9 Å². The molecule has 2 atom stereocenters. The van der Waals surface area contributed by atoms with Crippen LogP contribution in [0.4, 0.5) is 0 Å². The number of hydrogen-bond acceptors (Lipinski definition) is 3. The third-order valence-electron chi connectivity index (χ3n) is 4.18. The van der Waals surface area contributed by atoms with E-state index in [-0.39, 0.29) is 18.4 Å². The number of rotatable bonds is 7. The first-order chi connectivity index (χ1) is 9.35. The van der Waals surface area contributed by atoms with Gasteiger partial charge in [-0.3, -0.25) is 9.59 Å². The quantitative estimate of drug-likeness (QED) is 0.572. The monoisotopic (exact) mass is 283 g/mol. The zero-order valence-electron chi connectivity index (χ0n) is 12.6. The fourth-order valence-corrected chi connectivity index (χ4v) is 2.57. The molecule has 1 N–H and O–H groups in total. The van der Waals surface area contributed by atoms with Crippen LogP contribution >= 0.6 is 0 Å². The van der Waals surface area contributed by atoms with Crippen LogP contribution in [0.3, 0.4) is 0 Å². The maximum absolute atomic E-state index is 12.3. The van der Waals surface area contributed by atoms with Gasteiger partial charge in [-0.25, -0.2) is 0 Å². The topological polar surface area (TPSA) is 66.8 Å². The number of aliphatic carboxylic acids is 1. The first-order valence-electron chi connectivity index (χ1n) is 7.10. The van der Waals surface area contributed by atoms with Gasteiger partial charge in [0.2, 0.25) is 0 Å². The Morgan fingerprint density at radius 3 is 2.55 bits per heavy atom. The van der Waals surface area contributed by atoms with Crippen molar-refractivity contribution in [3.05, 3.63) is 12.7 Å². The summed E-state index contributed by atoms with van der Waals surface area (Å²) in [6.45, 7) is 10.3. The number of nitrogens with zero attached hydrogens (tertiary/aromatic N) is 1. The van der Waals surface area contributed by atoms with E-state index in [9.17, 15) is 14.7 Å². The van der Waals surface area contributed by atoms with Gasteiger partial charge < -0.3 is 14.7 Å². The Morgan fingerprint density at radius 2 is 2.10 bits per heavy atom. The molecule has 0 spiro atoms. The Kier molecular flexibility index (Phi) is 5.74. The van der Waals surface area contributed by atoms with E-state index >= 15 is 0 Å². The number of carboxylic acid groups (broad SMARTS) is 1. The first-order valence-corrected chi connectivity index (χ1v) is 7.10. The molecule has 0 aromatic carbocycles. The van der Waals surface area contributed by atoms with Gasteiger partial charge in [0.15, 0.2) is 0 Å². The molecular formula is C15H25NO4. The van der Waals surface area contributed by atoms with Crippen LogP contribution in [-0.4, -0.2) is 47.7 Å². The fourth-order valence-electron chi connectivity index (χ4n) is 2.57. The molecule has 1 rings (SSSR count). The van der Waals surface area contributed by atoms with Crippen molar-refractivity contribution in [2.75, 3.05) is 19.7 Å². The molecule has 1 heterocycles. The lowest BCUT2D eigenvalue weighted by molar-refractivity contribution is -0.152. The Balaban J connectivity index is 2.64. The lowest BCUT2D eigenvalue weighted by atomic mass is 9.76. The van der Waals surface area contributed by atoms with Gasteiger partial charge >= 0.3 is 5.97 Å². The van der Waals surface area contributed by atoms with Crippen LogP contribution in [0.5, 0.6) is 0 Å². The van der Waals surface area contributed by atoms with Crippen LogP contribution in [0.15, 0.2) is 12.7 Å². The Labute approximate surface area is 120 Å². The summed E-state index contributed by atoms with van der Waals surface area (Å²) in [7, 11) is 0. The number of carbonyl (C=O) groups is 2. The Bertz CT molecular complexity index is 380. The molecule has 1 aliphatic rings. The molecule has 0 radical (unpaired) electrons. The summed E-state index contributed by atoms with van der Waals surface area (Å²) in [4.78, 5) is 25.4. The standard InChI is InChI=1S/C15H25NO4/c1-5-6-9-20-12(4)13(17)16-8-7-15(10-16,11(2)3)14(18)19/h5,11-12H,1,6-10H2,2-4H3,(H,18,19). The predicted octanol–water partition coefficient (Wildman–Crippen LogP) is 1.93. The second-order valence-corrected chi connectivity index (χ2v) is 5.72. The summed E-state index contributed by atoms with van der Waals surface area (Å²) in [5.41, 5.74) is -0.823. The lowest BCUT2D eigenvalue weighted by Gasteiger charge is -2.29. The van der Waals surface area contributed by atoms with Crippen LogP contribution in [0.1, 0.15) is 33.6 Å². The summed E-state index contributed by atoms with van der Waals surface area (Å²) < 4.78 is 5.44. The molecule has 1 saturated heterocycles. The number of ether oxygens (including phenoxy) is 1. The minimum absolute atomic E-state index is 0.00482. The summed E-state index contributed by atoms with van der Waals surface area (Å²) in [5, 5.41) is 9.47. The number of carbonyl (C=O) groups excluding carboxylic acids is 1. The van der Waals surface area contributed by atoms with Crippen LogP contribution < -0.4 is 0 Å². The molecule has 114 valence electrons. The first kappa shape index (κ1) is 16.7. The van der Waals surface area contributed by atoms with E-state index in [4.69, 9.17) is 4.74 Å². The van der Waals surface area contributed by atoms with Crippen molar-refractivity contribution in [3.63, 3.8) is 0 Å². The van der Waals surface area contributed by atoms with Gasteiger partial charge in [-0.2, -0.15) is 0 Å². The highest BCUT2D eigenvalue weighted by atomic mass is 16.5. The summed E-state index contributed by atoms with van der Waals surface area (Å²) in [6, 6.07) is 0. The Morgan fingerprint density at radius 1 is 1.45 bits per heavy atom. The average Bonchev–Trinajstić information content (AvgIpc) is 2.84. The normalized spacial score (nSPS) is 23.9. The molecule has 1 amide bonds. The van der Waals surface area contributed by atoms with Gasteiger partial charge in [0.25, 0.3) is 5.91 Å². The molecule has 0 aromatic rings. The molecule has 20 heavy (non-hydrogen) atoms. The van der Waals surface area contributed by atoms with Gasteiger partial charge in [0, 0.05) is 13.1 Å². The molecule has 0 aliphatic carbocycles. The van der Waals surface area contributed by atoms with Crippen molar-refractivity contribution in [2.45, 2.75) is 39.7 Å². The van der Waals surface area contributed by atoms with E-state index in [0.717, 1.165) is 0 Å². The molecule has 5 heteroatoms. The highest BCUT2D eigenvalue weighted by Crippen LogP contribution is 2.38. The zero-order chi connectivity index (χ0) is 15.3. The van der Waals surface area contributed by atoms with Crippen molar-refractivity contribution in [1.82, 2.24) is 4.90 Å². The highest BCUT2D eigenvalue weighted by Gasteiger charge is 2.48. The van der Waals surface area contributed by atoms with Gasteiger partial charge in [-0.05, 0) is 25.7 Å². The zero-order valence-corrected chi connectivity index (χ0v) is 12.6. The van der Waals surface area contributed by atoms with E-state index in [1.165, 1.54) is 0 Å². The maximum Gasteiger partial charge on any atom is 0.311 e. The smallest absolute Gasteiger partial charge is 0.311 e. The van der Waals surface area contributed by atoms with Crippen molar-refractivity contribution in [3.8, 4) is 0 Å². The SMILES string of the molecule is C=CCCOC(C)C(=O)N1CCC(C(=O)O)(C(C)C)C1. The second kappa shape index (κ2) is 6.88. The van der Waals surface area contributed by atoms with E-state index in [0.29, 0.717) is 26.0 Å². The molecule has 1 aliphatic heterocycles. The minimum Gasteiger partial charge on any atom is -0.481 e. The maximum atomic E-state index is 12.3. The molecule has 5 nitrogen and oxygen atoms in total. The van der Waals surface area contributed by atoms with E-state index < -0.39 is 17.5 Å². The molecule has 1 fully saturated rings. The van der Waals surface area contributed by atoms with Gasteiger partial charge in [0.05, 0.1) is 12.0 Å². The van der Waals surface area contributed by atoms with Gasteiger partial charge in [-0.1, -0.05) is 19.9 Å². The number of likely N-dealkylation sites (tertiary alicyclic amines) is 1. The largest absolute Gasteiger partial charge is 0.481 e. The summed E-state index contributed by atoms with van der Waals surface area (Å²) in [6.07, 6.45) is 2.40. The second-order valence-electron chi connectivity index (χ2n) is 5.72. The number of hydrogen-bond donors (Lipinski definition) is 1. The van der Waals surface area contributed by atoms with Crippen molar-refractivity contribution >= 4 is 11.9 Å². The van der Waals surface area contributed by atoms with Crippen molar-refractivity contribution < 1.29 is 19.4 Å². The highest BCUT2D eigenvalue weighted by molar-refractivity contribution is 5.83. The van der Waals surface area contributed by atoms with Crippen LogP contribution in [0.25, 0.3) is 0 Å². The molecule has 0 saturated carbocycles. The predicted molar refractivity (Wildman–Crippen MR) is 76.3 cm³/mol. The molecule has 0 aromatic heterocycles. The van der Waals surface area contributed by atoms with Crippen molar-refractivity contribution in [2.24, 2.45) is 11.3 Å². The van der Waals surface area contributed by atoms with Crippen molar-refractivity contribution in [1.29, 1.82) is 0 Å².